The van der Waals surface area contributed by atoms with Gasteiger partial charge in [0.15, 0.2) is 11.5 Å². The summed E-state index contributed by atoms with van der Waals surface area (Å²) in [7, 11) is 0. The molecule has 0 saturated carbocycles. The summed E-state index contributed by atoms with van der Waals surface area (Å²) in [5, 5.41) is 11.4. The molecule has 1 aromatic heterocycles. The van der Waals surface area contributed by atoms with Gasteiger partial charge in [-0.25, -0.2) is 0 Å². The second kappa shape index (κ2) is 7.08. The molecule has 0 radical (unpaired) electrons. The van der Waals surface area contributed by atoms with E-state index in [-0.39, 0.29) is 5.91 Å². The molecule has 1 N–H and O–H groups in total. The normalized spacial score (nSPS) is 14.6. The van der Waals surface area contributed by atoms with E-state index in [4.69, 9.17) is 0 Å². The van der Waals surface area contributed by atoms with E-state index < -0.39 is 0 Å². The molecule has 2 heterocycles. The van der Waals surface area contributed by atoms with Gasteiger partial charge < -0.3 is 10.2 Å². The van der Waals surface area contributed by atoms with Gasteiger partial charge in [0.05, 0.1) is 5.69 Å². The van der Waals surface area contributed by atoms with Gasteiger partial charge in [-0.1, -0.05) is 6.07 Å². The highest BCUT2D eigenvalue weighted by atomic mass is 79.9. The Morgan fingerprint density at radius 1 is 1.13 bits per heavy atom. The number of nitrogens with zero attached hydrogens (tertiary/aromatic N) is 3. The third kappa shape index (κ3) is 3.88. The number of hydrogen-bond donors (Lipinski definition) is 1. The number of aromatic nitrogens is 2. The van der Waals surface area contributed by atoms with Crippen molar-refractivity contribution in [3.05, 3.63) is 46.1 Å². The molecular formula is C17H19BrN4O. The van der Waals surface area contributed by atoms with Gasteiger partial charge in [-0.15, -0.1) is 10.2 Å². The molecule has 1 amide bonds. The lowest BCUT2D eigenvalue weighted by Crippen LogP contribution is -2.36. The number of amides is 1. The van der Waals surface area contributed by atoms with E-state index >= 15 is 0 Å². The Kier molecular flexibility index (Phi) is 4.91. The van der Waals surface area contributed by atoms with Crippen molar-refractivity contribution >= 4 is 33.3 Å². The number of aryl methyl sites for hydroxylation is 1. The van der Waals surface area contributed by atoms with Crippen molar-refractivity contribution in [2.24, 2.45) is 0 Å². The zero-order valence-corrected chi connectivity index (χ0v) is 14.6. The molecule has 5 nitrogen and oxygen atoms in total. The Labute approximate surface area is 144 Å². The highest BCUT2D eigenvalue weighted by molar-refractivity contribution is 9.10. The molecule has 1 aromatic carbocycles. The SMILES string of the molecule is Cc1ccc(Nc2ccc(C(=O)N3CCCCC3)nn2)c(Br)c1. The number of likely N-dealkylation sites (tertiary alicyclic amines) is 1. The van der Waals surface area contributed by atoms with Gasteiger partial charge >= 0.3 is 0 Å². The van der Waals surface area contributed by atoms with Crippen LogP contribution in [0.25, 0.3) is 0 Å². The van der Waals surface area contributed by atoms with Crippen LogP contribution in [0.5, 0.6) is 0 Å². The predicted molar refractivity (Wildman–Crippen MR) is 93.9 cm³/mol. The van der Waals surface area contributed by atoms with Gasteiger partial charge in [0.1, 0.15) is 0 Å². The van der Waals surface area contributed by atoms with Crippen molar-refractivity contribution < 1.29 is 4.79 Å². The quantitative estimate of drug-likeness (QED) is 0.884. The molecule has 1 aliphatic heterocycles. The van der Waals surface area contributed by atoms with Crippen LogP contribution in [0.2, 0.25) is 0 Å². The second-order valence-electron chi connectivity index (χ2n) is 5.76. The van der Waals surface area contributed by atoms with E-state index in [0.29, 0.717) is 11.5 Å². The number of carbonyl (C=O) groups excluding carboxylic acids is 1. The number of rotatable bonds is 3. The Hall–Kier alpha value is -1.95. The monoisotopic (exact) mass is 374 g/mol. The van der Waals surface area contributed by atoms with Gasteiger partial charge in [0, 0.05) is 17.6 Å². The number of benzene rings is 1. The molecule has 120 valence electrons. The third-order valence-electron chi connectivity index (χ3n) is 3.91. The lowest BCUT2D eigenvalue weighted by atomic mass is 10.1. The van der Waals surface area contributed by atoms with Crippen LogP contribution in [0.4, 0.5) is 11.5 Å². The van der Waals surface area contributed by atoms with Crippen LogP contribution in [-0.2, 0) is 0 Å². The van der Waals surface area contributed by atoms with E-state index in [0.717, 1.165) is 36.1 Å². The first-order valence-corrected chi connectivity index (χ1v) is 8.59. The summed E-state index contributed by atoms with van der Waals surface area (Å²) in [6.07, 6.45) is 3.34. The average Bonchev–Trinajstić information content (AvgIpc) is 2.58. The predicted octanol–water partition coefficient (Wildman–Crippen LogP) is 3.92. The summed E-state index contributed by atoms with van der Waals surface area (Å²) in [5.74, 6) is 0.588. The Balaban J connectivity index is 1.70. The highest BCUT2D eigenvalue weighted by Gasteiger charge is 2.19. The molecule has 0 atom stereocenters. The Morgan fingerprint density at radius 2 is 1.91 bits per heavy atom. The molecule has 0 bridgehead atoms. The van der Waals surface area contributed by atoms with E-state index in [1.54, 1.807) is 12.1 Å². The minimum atomic E-state index is -0.0275. The van der Waals surface area contributed by atoms with Crippen molar-refractivity contribution in [2.45, 2.75) is 26.2 Å². The maximum Gasteiger partial charge on any atom is 0.274 e. The van der Waals surface area contributed by atoms with Crippen molar-refractivity contribution in [1.82, 2.24) is 15.1 Å². The van der Waals surface area contributed by atoms with Crippen LogP contribution in [0.1, 0.15) is 35.3 Å². The Morgan fingerprint density at radius 3 is 2.57 bits per heavy atom. The number of nitrogens with one attached hydrogen (secondary N) is 1. The zero-order valence-electron chi connectivity index (χ0n) is 13.1. The van der Waals surface area contributed by atoms with Crippen LogP contribution in [0.15, 0.2) is 34.8 Å². The lowest BCUT2D eigenvalue weighted by Gasteiger charge is -2.26. The first kappa shape index (κ1) is 15.9. The molecule has 1 saturated heterocycles. The standard InChI is InChI=1S/C17H19BrN4O/c1-12-5-6-14(13(18)11-12)19-16-8-7-15(20-21-16)17(23)22-9-3-2-4-10-22/h5-8,11H,2-4,9-10H2,1H3,(H,19,21). The van der Waals surface area contributed by atoms with Crippen LogP contribution < -0.4 is 5.32 Å². The molecule has 0 unspecified atom stereocenters. The van der Waals surface area contributed by atoms with Crippen molar-refractivity contribution in [3.63, 3.8) is 0 Å². The number of anilines is 2. The molecule has 2 aromatic rings. The van der Waals surface area contributed by atoms with E-state index in [1.807, 2.05) is 30.0 Å². The summed E-state index contributed by atoms with van der Waals surface area (Å²) in [4.78, 5) is 14.2. The minimum absolute atomic E-state index is 0.0275. The minimum Gasteiger partial charge on any atom is -0.338 e. The molecule has 6 heteroatoms. The Bertz CT molecular complexity index is 696. The highest BCUT2D eigenvalue weighted by Crippen LogP contribution is 2.25. The van der Waals surface area contributed by atoms with Gasteiger partial charge in [-0.2, -0.15) is 0 Å². The van der Waals surface area contributed by atoms with Crippen LogP contribution >= 0.6 is 15.9 Å². The molecule has 23 heavy (non-hydrogen) atoms. The van der Waals surface area contributed by atoms with Crippen molar-refractivity contribution in [1.29, 1.82) is 0 Å². The van der Waals surface area contributed by atoms with Crippen molar-refractivity contribution in [2.75, 3.05) is 18.4 Å². The average molecular weight is 375 g/mol. The summed E-state index contributed by atoms with van der Waals surface area (Å²) in [6, 6.07) is 9.55. The van der Waals surface area contributed by atoms with Crippen LogP contribution in [0.3, 0.4) is 0 Å². The van der Waals surface area contributed by atoms with Gasteiger partial charge in [-0.3, -0.25) is 4.79 Å². The zero-order chi connectivity index (χ0) is 16.2. The van der Waals surface area contributed by atoms with Gasteiger partial charge in [-0.05, 0) is 71.9 Å². The van der Waals surface area contributed by atoms with Gasteiger partial charge in [0.25, 0.3) is 5.91 Å². The summed E-state index contributed by atoms with van der Waals surface area (Å²) < 4.78 is 0.966. The maximum absolute atomic E-state index is 12.4. The lowest BCUT2D eigenvalue weighted by molar-refractivity contribution is 0.0717. The molecule has 1 aliphatic rings. The first-order valence-electron chi connectivity index (χ1n) is 7.80. The van der Waals surface area contributed by atoms with Gasteiger partial charge in [0.2, 0.25) is 0 Å². The first-order chi connectivity index (χ1) is 11.1. The fraction of sp³-hybridized carbons (Fsp3) is 0.353. The summed E-state index contributed by atoms with van der Waals surface area (Å²) >= 11 is 3.52. The smallest absolute Gasteiger partial charge is 0.274 e. The molecular weight excluding hydrogens is 356 g/mol. The number of carbonyl (C=O) groups is 1. The fourth-order valence-electron chi connectivity index (χ4n) is 2.63. The van der Waals surface area contributed by atoms with E-state index in [9.17, 15) is 4.79 Å². The van der Waals surface area contributed by atoms with Crippen molar-refractivity contribution in [3.8, 4) is 0 Å². The number of piperidine rings is 1. The molecule has 0 aliphatic carbocycles. The third-order valence-corrected chi connectivity index (χ3v) is 4.57. The maximum atomic E-state index is 12.4. The van der Waals surface area contributed by atoms with Crippen LogP contribution in [0, 0.1) is 6.92 Å². The summed E-state index contributed by atoms with van der Waals surface area (Å²) in [6.45, 7) is 3.67. The fourth-order valence-corrected chi connectivity index (χ4v) is 3.22. The topological polar surface area (TPSA) is 58.1 Å². The van der Waals surface area contributed by atoms with Crippen LogP contribution in [-0.4, -0.2) is 34.1 Å². The second-order valence-corrected chi connectivity index (χ2v) is 6.62. The van der Waals surface area contributed by atoms with E-state index in [1.165, 1.54) is 12.0 Å². The largest absolute Gasteiger partial charge is 0.338 e. The van der Waals surface area contributed by atoms with E-state index in [2.05, 4.69) is 31.4 Å². The molecule has 1 fully saturated rings. The molecule has 3 rings (SSSR count). The number of halogens is 1. The molecule has 0 spiro atoms. The summed E-state index contributed by atoms with van der Waals surface area (Å²) in [5.41, 5.74) is 2.50. The number of hydrogen-bond acceptors (Lipinski definition) is 4.